The monoisotopic (exact) mass is 236 g/mol. The van der Waals surface area contributed by atoms with E-state index in [2.05, 4.69) is 0 Å². The number of carboxylic acids is 1. The smallest absolute Gasteiger partial charge is 0.348 e. The van der Waals surface area contributed by atoms with Gasteiger partial charge in [0.1, 0.15) is 11.5 Å². The van der Waals surface area contributed by atoms with Crippen LogP contribution in [-0.2, 0) is 4.79 Å². The molecule has 0 saturated heterocycles. The summed E-state index contributed by atoms with van der Waals surface area (Å²) in [5.74, 6) is -0.616. The molecule has 1 aromatic carbocycles. The maximum Gasteiger partial charge on any atom is 0.348 e. The minimum Gasteiger partial charge on any atom is -0.497 e. The van der Waals surface area contributed by atoms with Crippen LogP contribution in [0, 0.1) is 0 Å². The molecule has 1 aliphatic rings. The summed E-state index contributed by atoms with van der Waals surface area (Å²) < 4.78 is 10.4. The summed E-state index contributed by atoms with van der Waals surface area (Å²) in [6.45, 7) is 1.38. The second-order valence-electron chi connectivity index (χ2n) is 4.10. The predicted molar refractivity (Wildman–Crippen MR) is 58.6 cm³/mol. The summed E-state index contributed by atoms with van der Waals surface area (Å²) in [4.78, 5) is 22.9. The number of ether oxygens (including phenoxy) is 2. The topological polar surface area (TPSA) is 72.8 Å². The van der Waals surface area contributed by atoms with Gasteiger partial charge in [-0.1, -0.05) is 0 Å². The highest BCUT2D eigenvalue weighted by Crippen LogP contribution is 2.35. The molecule has 1 aliphatic heterocycles. The van der Waals surface area contributed by atoms with Crippen molar-refractivity contribution in [3.63, 3.8) is 0 Å². The van der Waals surface area contributed by atoms with Crippen LogP contribution in [0.2, 0.25) is 0 Å². The van der Waals surface area contributed by atoms with Crippen LogP contribution in [0.15, 0.2) is 18.2 Å². The average molecular weight is 236 g/mol. The molecule has 0 fully saturated rings. The van der Waals surface area contributed by atoms with Gasteiger partial charge in [-0.15, -0.1) is 0 Å². The normalized spacial score (nSPS) is 22.6. The lowest BCUT2D eigenvalue weighted by atomic mass is 9.91. The molecule has 90 valence electrons. The van der Waals surface area contributed by atoms with Crippen LogP contribution >= 0.6 is 0 Å². The van der Waals surface area contributed by atoms with Gasteiger partial charge in [0, 0.05) is 6.07 Å². The number of hydrogen-bond donors (Lipinski definition) is 1. The van der Waals surface area contributed by atoms with Gasteiger partial charge in [-0.25, -0.2) is 4.79 Å². The molecule has 0 amide bonds. The van der Waals surface area contributed by atoms with E-state index in [4.69, 9.17) is 14.6 Å². The van der Waals surface area contributed by atoms with E-state index in [0.29, 0.717) is 11.3 Å². The fourth-order valence-electron chi connectivity index (χ4n) is 1.74. The molecular formula is C12H12O5. The molecule has 1 unspecified atom stereocenters. The largest absolute Gasteiger partial charge is 0.497 e. The van der Waals surface area contributed by atoms with Crippen molar-refractivity contribution in [3.8, 4) is 11.5 Å². The Kier molecular flexibility index (Phi) is 2.53. The fourth-order valence-corrected chi connectivity index (χ4v) is 1.74. The molecular weight excluding hydrogens is 224 g/mol. The third-order valence-electron chi connectivity index (χ3n) is 2.77. The third-order valence-corrected chi connectivity index (χ3v) is 2.77. The summed E-state index contributed by atoms with van der Waals surface area (Å²) in [7, 11) is 1.49. The zero-order chi connectivity index (χ0) is 12.6. The molecule has 0 aliphatic carbocycles. The Bertz CT molecular complexity index is 494. The zero-order valence-electron chi connectivity index (χ0n) is 9.52. The first-order chi connectivity index (χ1) is 7.96. The molecule has 0 radical (unpaired) electrons. The Balaban J connectivity index is 2.47. The summed E-state index contributed by atoms with van der Waals surface area (Å²) in [5.41, 5.74) is -1.11. The second-order valence-corrected chi connectivity index (χ2v) is 4.10. The Labute approximate surface area is 98.0 Å². The number of ketones is 1. The van der Waals surface area contributed by atoms with Crippen molar-refractivity contribution in [3.05, 3.63) is 23.8 Å². The van der Waals surface area contributed by atoms with E-state index in [-0.39, 0.29) is 18.0 Å². The maximum absolute atomic E-state index is 11.8. The first-order valence-corrected chi connectivity index (χ1v) is 5.10. The van der Waals surface area contributed by atoms with Crippen molar-refractivity contribution >= 4 is 11.8 Å². The van der Waals surface area contributed by atoms with Crippen LogP contribution in [0.1, 0.15) is 23.7 Å². The Morgan fingerprint density at radius 3 is 2.82 bits per heavy atom. The van der Waals surface area contributed by atoms with E-state index >= 15 is 0 Å². The lowest BCUT2D eigenvalue weighted by molar-refractivity contribution is -0.154. The van der Waals surface area contributed by atoms with Crippen molar-refractivity contribution < 1.29 is 24.2 Å². The molecule has 1 N–H and O–H groups in total. The minimum atomic E-state index is -1.50. The highest BCUT2D eigenvalue weighted by atomic mass is 16.5. The maximum atomic E-state index is 11.8. The molecule has 0 spiro atoms. The number of fused-ring (bicyclic) bond motifs is 1. The van der Waals surface area contributed by atoms with Gasteiger partial charge in [0.15, 0.2) is 5.78 Å². The van der Waals surface area contributed by atoms with Crippen LogP contribution in [-0.4, -0.2) is 29.6 Å². The van der Waals surface area contributed by atoms with E-state index in [1.165, 1.54) is 20.1 Å². The summed E-state index contributed by atoms with van der Waals surface area (Å²) in [6.07, 6.45) is -0.165. The van der Waals surface area contributed by atoms with Gasteiger partial charge in [-0.05, 0) is 19.1 Å². The SMILES string of the molecule is COc1ccc2c(c1)OC(C)(C(=O)O)CC2=O. The first-order valence-electron chi connectivity index (χ1n) is 5.10. The highest BCUT2D eigenvalue weighted by Gasteiger charge is 2.43. The second kappa shape index (κ2) is 3.76. The number of carbonyl (C=O) groups is 2. The van der Waals surface area contributed by atoms with E-state index in [1.54, 1.807) is 12.1 Å². The number of Topliss-reactive ketones (excluding diaryl/α,β-unsaturated/α-hetero) is 1. The Hall–Kier alpha value is -2.04. The molecule has 5 nitrogen and oxygen atoms in total. The van der Waals surface area contributed by atoms with E-state index < -0.39 is 11.6 Å². The van der Waals surface area contributed by atoms with Crippen LogP contribution in [0.4, 0.5) is 0 Å². The lowest BCUT2D eigenvalue weighted by Gasteiger charge is -2.31. The minimum absolute atomic E-state index is 0.165. The average Bonchev–Trinajstić information content (AvgIpc) is 2.27. The number of carbonyl (C=O) groups excluding carboxylic acids is 1. The Morgan fingerprint density at radius 1 is 1.53 bits per heavy atom. The van der Waals surface area contributed by atoms with Gasteiger partial charge in [0.25, 0.3) is 0 Å². The fraction of sp³-hybridized carbons (Fsp3) is 0.333. The zero-order valence-corrected chi connectivity index (χ0v) is 9.52. The van der Waals surface area contributed by atoms with Gasteiger partial charge in [-0.3, -0.25) is 4.79 Å². The van der Waals surface area contributed by atoms with Crippen molar-refractivity contribution in [2.24, 2.45) is 0 Å². The number of hydrogen-bond acceptors (Lipinski definition) is 4. The summed E-state index contributed by atoms with van der Waals surface area (Å²) >= 11 is 0. The molecule has 0 bridgehead atoms. The molecule has 1 heterocycles. The number of rotatable bonds is 2. The van der Waals surface area contributed by atoms with Crippen molar-refractivity contribution in [1.82, 2.24) is 0 Å². The number of carboxylic acid groups (broad SMARTS) is 1. The van der Waals surface area contributed by atoms with Gasteiger partial charge in [0.2, 0.25) is 5.60 Å². The first kappa shape index (κ1) is 11.4. The molecule has 17 heavy (non-hydrogen) atoms. The number of benzene rings is 1. The van der Waals surface area contributed by atoms with Gasteiger partial charge < -0.3 is 14.6 Å². The molecule has 1 aromatic rings. The predicted octanol–water partition coefficient (Wildman–Crippen LogP) is 1.50. The van der Waals surface area contributed by atoms with Gasteiger partial charge in [0.05, 0.1) is 19.1 Å². The standard InChI is InChI=1S/C12H12O5/c1-12(11(14)15)6-9(13)8-4-3-7(16-2)5-10(8)17-12/h3-5H,6H2,1-2H3,(H,14,15). The molecule has 2 rings (SSSR count). The van der Waals surface area contributed by atoms with Crippen molar-refractivity contribution in [1.29, 1.82) is 0 Å². The summed E-state index contributed by atoms with van der Waals surface area (Å²) in [5, 5.41) is 9.06. The van der Waals surface area contributed by atoms with Crippen LogP contribution < -0.4 is 9.47 Å². The van der Waals surface area contributed by atoms with E-state index in [0.717, 1.165) is 0 Å². The molecule has 0 saturated carbocycles. The molecule has 5 heteroatoms. The van der Waals surface area contributed by atoms with E-state index in [1.807, 2.05) is 0 Å². The van der Waals surface area contributed by atoms with Gasteiger partial charge in [-0.2, -0.15) is 0 Å². The highest BCUT2D eigenvalue weighted by molar-refractivity contribution is 6.03. The van der Waals surface area contributed by atoms with Crippen LogP contribution in [0.25, 0.3) is 0 Å². The summed E-state index contributed by atoms with van der Waals surface area (Å²) in [6, 6.07) is 4.75. The third kappa shape index (κ3) is 1.84. The number of methoxy groups -OCH3 is 1. The lowest BCUT2D eigenvalue weighted by Crippen LogP contribution is -2.46. The van der Waals surface area contributed by atoms with E-state index in [9.17, 15) is 9.59 Å². The van der Waals surface area contributed by atoms with Crippen LogP contribution in [0.3, 0.4) is 0 Å². The molecule has 0 aromatic heterocycles. The van der Waals surface area contributed by atoms with Crippen molar-refractivity contribution in [2.75, 3.05) is 7.11 Å². The quantitative estimate of drug-likeness (QED) is 0.842. The Morgan fingerprint density at radius 2 is 2.24 bits per heavy atom. The number of aliphatic carboxylic acids is 1. The van der Waals surface area contributed by atoms with Gasteiger partial charge >= 0.3 is 5.97 Å². The van der Waals surface area contributed by atoms with Crippen LogP contribution in [0.5, 0.6) is 11.5 Å². The van der Waals surface area contributed by atoms with Crippen molar-refractivity contribution in [2.45, 2.75) is 18.9 Å². The molecule has 1 atom stereocenters.